The largest absolute Gasteiger partial charge is 0.394 e. The van der Waals surface area contributed by atoms with Crippen molar-refractivity contribution in [2.45, 2.75) is 63.3 Å². The number of aryl methyl sites for hydroxylation is 1. The zero-order valence-electron chi connectivity index (χ0n) is 10.4. The number of nitrogens with zero attached hydrogens (tertiary/aromatic N) is 2. The Morgan fingerprint density at radius 2 is 2.00 bits per heavy atom. The highest BCUT2D eigenvalue weighted by Gasteiger charge is 2.27. The van der Waals surface area contributed by atoms with Gasteiger partial charge in [-0.15, -0.1) is 0 Å². The van der Waals surface area contributed by atoms with Gasteiger partial charge in [-0.2, -0.15) is 0 Å². The normalized spacial score (nSPS) is 25.8. The van der Waals surface area contributed by atoms with Crippen LogP contribution in [0.5, 0.6) is 0 Å². The molecule has 2 aliphatic rings. The van der Waals surface area contributed by atoms with Crippen LogP contribution in [0.15, 0.2) is 6.20 Å². The van der Waals surface area contributed by atoms with Crippen LogP contribution in [0.2, 0.25) is 0 Å². The topological polar surface area (TPSA) is 38.1 Å². The Balaban J connectivity index is 1.91. The highest BCUT2D eigenvalue weighted by molar-refractivity contribution is 5.14. The van der Waals surface area contributed by atoms with Crippen LogP contribution < -0.4 is 0 Å². The van der Waals surface area contributed by atoms with Gasteiger partial charge in [0.15, 0.2) is 0 Å². The third-order valence-electron chi connectivity index (χ3n) is 4.42. The molecule has 0 bridgehead atoms. The second-order valence-electron chi connectivity index (χ2n) is 5.54. The molecule has 1 fully saturated rings. The molecule has 0 aromatic carbocycles. The maximum Gasteiger partial charge on any atom is 0.112 e. The van der Waals surface area contributed by atoms with E-state index in [0.29, 0.717) is 5.92 Å². The van der Waals surface area contributed by atoms with E-state index in [1.807, 2.05) is 6.20 Å². The fourth-order valence-corrected chi connectivity index (χ4v) is 3.50. The van der Waals surface area contributed by atoms with Gasteiger partial charge in [0.25, 0.3) is 0 Å². The highest BCUT2D eigenvalue weighted by Crippen LogP contribution is 2.36. The molecule has 3 rings (SSSR count). The number of hydrogen-bond acceptors (Lipinski definition) is 2. The summed E-state index contributed by atoms with van der Waals surface area (Å²) in [6, 6.07) is 0.290. The first-order chi connectivity index (χ1) is 8.40. The fourth-order valence-electron chi connectivity index (χ4n) is 3.50. The van der Waals surface area contributed by atoms with Crippen LogP contribution in [0.1, 0.15) is 68.4 Å². The Labute approximate surface area is 103 Å². The van der Waals surface area contributed by atoms with Crippen molar-refractivity contribution in [3.63, 3.8) is 0 Å². The van der Waals surface area contributed by atoms with Gasteiger partial charge in [0.05, 0.1) is 12.6 Å². The molecule has 1 aliphatic carbocycles. The molecule has 1 aromatic heterocycles. The van der Waals surface area contributed by atoms with Crippen molar-refractivity contribution in [3.8, 4) is 0 Å². The molecule has 3 nitrogen and oxygen atoms in total. The molecule has 0 amide bonds. The van der Waals surface area contributed by atoms with E-state index in [1.165, 1.54) is 50.0 Å². The molecular formula is C14H22N2O. The Kier molecular flexibility index (Phi) is 3.19. The standard InChI is InChI=1S/C14H22N2O/c17-10-13-8-4-7-12-9-15-14(16(12)13)11-5-2-1-3-6-11/h9,11,13,17H,1-8,10H2. The predicted octanol–water partition coefficient (Wildman–Crippen LogP) is 2.80. The molecule has 1 unspecified atom stereocenters. The minimum absolute atomic E-state index is 0.267. The quantitative estimate of drug-likeness (QED) is 0.854. The third kappa shape index (κ3) is 2.01. The summed E-state index contributed by atoms with van der Waals surface area (Å²) in [6.45, 7) is 0.267. The number of fused-ring (bicyclic) bond motifs is 1. The second kappa shape index (κ2) is 4.81. The zero-order chi connectivity index (χ0) is 11.7. The molecule has 17 heavy (non-hydrogen) atoms. The molecule has 1 saturated carbocycles. The van der Waals surface area contributed by atoms with Crippen LogP contribution in [0, 0.1) is 0 Å². The number of aromatic nitrogens is 2. The molecule has 0 radical (unpaired) electrons. The SMILES string of the molecule is OCC1CCCc2cnc(C3CCCCC3)n21. The lowest BCUT2D eigenvalue weighted by Gasteiger charge is -2.29. The van der Waals surface area contributed by atoms with Crippen molar-refractivity contribution in [2.24, 2.45) is 0 Å². The van der Waals surface area contributed by atoms with Gasteiger partial charge in [0, 0.05) is 17.8 Å². The summed E-state index contributed by atoms with van der Waals surface area (Å²) in [5, 5.41) is 9.53. The number of aliphatic hydroxyl groups excluding tert-OH is 1. The van der Waals surface area contributed by atoms with E-state index in [9.17, 15) is 5.11 Å². The van der Waals surface area contributed by atoms with E-state index in [1.54, 1.807) is 0 Å². The van der Waals surface area contributed by atoms with E-state index in [2.05, 4.69) is 9.55 Å². The van der Waals surface area contributed by atoms with Crippen molar-refractivity contribution in [2.75, 3.05) is 6.61 Å². The van der Waals surface area contributed by atoms with Crippen LogP contribution in [0.4, 0.5) is 0 Å². The summed E-state index contributed by atoms with van der Waals surface area (Å²) in [4.78, 5) is 4.67. The van der Waals surface area contributed by atoms with Gasteiger partial charge < -0.3 is 9.67 Å². The average molecular weight is 234 g/mol. The van der Waals surface area contributed by atoms with E-state index < -0.39 is 0 Å². The molecule has 1 N–H and O–H groups in total. The first kappa shape index (κ1) is 11.3. The molecule has 2 heterocycles. The average Bonchev–Trinajstić information content (AvgIpc) is 2.83. The van der Waals surface area contributed by atoms with Crippen LogP contribution in [0.3, 0.4) is 0 Å². The van der Waals surface area contributed by atoms with Crippen molar-refractivity contribution >= 4 is 0 Å². The van der Waals surface area contributed by atoms with Gasteiger partial charge in [-0.05, 0) is 32.1 Å². The summed E-state index contributed by atoms with van der Waals surface area (Å²) >= 11 is 0. The lowest BCUT2D eigenvalue weighted by Crippen LogP contribution is -2.24. The third-order valence-corrected chi connectivity index (χ3v) is 4.42. The first-order valence-electron chi connectivity index (χ1n) is 7.07. The van der Waals surface area contributed by atoms with E-state index in [0.717, 1.165) is 12.8 Å². The van der Waals surface area contributed by atoms with Crippen LogP contribution in [0.25, 0.3) is 0 Å². The van der Waals surface area contributed by atoms with Gasteiger partial charge in [-0.1, -0.05) is 19.3 Å². The minimum Gasteiger partial charge on any atom is -0.394 e. The molecular weight excluding hydrogens is 212 g/mol. The molecule has 1 aromatic rings. The van der Waals surface area contributed by atoms with Gasteiger partial charge in [0.1, 0.15) is 5.82 Å². The molecule has 0 spiro atoms. The van der Waals surface area contributed by atoms with Gasteiger partial charge in [-0.3, -0.25) is 0 Å². The van der Waals surface area contributed by atoms with Crippen molar-refractivity contribution < 1.29 is 5.11 Å². The lowest BCUT2D eigenvalue weighted by atomic mass is 9.88. The maximum atomic E-state index is 9.53. The lowest BCUT2D eigenvalue weighted by molar-refractivity contribution is 0.201. The van der Waals surface area contributed by atoms with E-state index in [4.69, 9.17) is 0 Å². The molecule has 1 atom stereocenters. The van der Waals surface area contributed by atoms with E-state index in [-0.39, 0.29) is 12.6 Å². The Morgan fingerprint density at radius 3 is 2.76 bits per heavy atom. The Hall–Kier alpha value is -0.830. The highest BCUT2D eigenvalue weighted by atomic mass is 16.3. The maximum absolute atomic E-state index is 9.53. The molecule has 3 heteroatoms. The number of aliphatic hydroxyl groups is 1. The first-order valence-corrected chi connectivity index (χ1v) is 7.07. The van der Waals surface area contributed by atoms with Crippen LogP contribution in [-0.2, 0) is 6.42 Å². The van der Waals surface area contributed by atoms with Gasteiger partial charge in [-0.25, -0.2) is 4.98 Å². The molecule has 0 saturated heterocycles. The number of imidazole rings is 1. The monoisotopic (exact) mass is 234 g/mol. The van der Waals surface area contributed by atoms with E-state index >= 15 is 0 Å². The van der Waals surface area contributed by atoms with Crippen LogP contribution in [-0.4, -0.2) is 21.3 Å². The van der Waals surface area contributed by atoms with Crippen LogP contribution >= 0.6 is 0 Å². The summed E-state index contributed by atoms with van der Waals surface area (Å²) in [5.41, 5.74) is 1.34. The van der Waals surface area contributed by atoms with Gasteiger partial charge >= 0.3 is 0 Å². The number of rotatable bonds is 2. The Morgan fingerprint density at radius 1 is 1.18 bits per heavy atom. The van der Waals surface area contributed by atoms with Crippen molar-refractivity contribution in [1.82, 2.24) is 9.55 Å². The zero-order valence-corrected chi connectivity index (χ0v) is 10.4. The predicted molar refractivity (Wildman–Crippen MR) is 67.1 cm³/mol. The minimum atomic E-state index is 0.267. The van der Waals surface area contributed by atoms with Crippen molar-refractivity contribution in [3.05, 3.63) is 17.7 Å². The Bertz CT molecular complexity index is 380. The van der Waals surface area contributed by atoms with Crippen molar-refractivity contribution in [1.29, 1.82) is 0 Å². The second-order valence-corrected chi connectivity index (χ2v) is 5.54. The summed E-state index contributed by atoms with van der Waals surface area (Å²) in [7, 11) is 0. The fraction of sp³-hybridized carbons (Fsp3) is 0.786. The summed E-state index contributed by atoms with van der Waals surface area (Å²) < 4.78 is 2.36. The molecule has 1 aliphatic heterocycles. The molecule has 94 valence electrons. The smallest absolute Gasteiger partial charge is 0.112 e. The van der Waals surface area contributed by atoms with Gasteiger partial charge in [0.2, 0.25) is 0 Å². The summed E-state index contributed by atoms with van der Waals surface area (Å²) in [5.74, 6) is 1.91. The number of hydrogen-bond donors (Lipinski definition) is 1. The summed E-state index contributed by atoms with van der Waals surface area (Å²) in [6.07, 6.45) is 12.1.